The summed E-state index contributed by atoms with van der Waals surface area (Å²) in [5, 5.41) is 35.6. The average Bonchev–Trinajstić information content (AvgIpc) is 2.21. The Balaban J connectivity index is 2.90. The molecule has 11 heteroatoms. The van der Waals surface area contributed by atoms with Crippen LogP contribution in [-0.2, 0) is 13.8 Å². The molecule has 0 aliphatic carbocycles. The minimum atomic E-state index is -4.98. The highest BCUT2D eigenvalue weighted by Gasteiger charge is 2.54. The van der Waals surface area contributed by atoms with Crippen LogP contribution in [0.4, 0.5) is 0 Å². The molecule has 0 bridgehead atoms. The maximum Gasteiger partial charge on any atom is 0.472 e. The third kappa shape index (κ3) is 3.38. The third-order valence-corrected chi connectivity index (χ3v) is 3.55. The molecule has 1 unspecified atom stereocenters. The molecular formula is C6H13O9PS. The van der Waals surface area contributed by atoms with Crippen molar-refractivity contribution in [3.05, 3.63) is 0 Å². The van der Waals surface area contributed by atoms with E-state index in [2.05, 4.69) is 9.26 Å². The van der Waals surface area contributed by atoms with Gasteiger partial charge in [0.05, 0.1) is 0 Å². The standard InChI is InChI=1S/C6H13O9PS/c1-17-6(10)4(9)2(7)3(8)5(14-6)15-16(11,12)13/h2-5,7-10H,1H3,(H2,11,12,13)/t2-,3+,4-,5?,6+/m1/s1. The number of phosphoric acid groups is 1. The molecule has 1 fully saturated rings. The lowest BCUT2D eigenvalue weighted by Gasteiger charge is -2.43. The Morgan fingerprint density at radius 1 is 1.29 bits per heavy atom. The summed E-state index contributed by atoms with van der Waals surface area (Å²) in [4.78, 5) is 17.1. The first kappa shape index (κ1) is 15.3. The van der Waals surface area contributed by atoms with Gasteiger partial charge in [-0.15, -0.1) is 0 Å². The Hall–Kier alpha value is 0.260. The van der Waals surface area contributed by atoms with Crippen LogP contribution in [0.15, 0.2) is 0 Å². The fourth-order valence-corrected chi connectivity index (χ4v) is 2.27. The van der Waals surface area contributed by atoms with Gasteiger partial charge < -0.3 is 34.9 Å². The second-order valence-corrected chi connectivity index (χ2v) is 5.53. The molecule has 1 aliphatic heterocycles. The summed E-state index contributed by atoms with van der Waals surface area (Å²) in [5.74, 6) is 0. The van der Waals surface area contributed by atoms with Crippen LogP contribution in [0, 0.1) is 0 Å². The van der Waals surface area contributed by atoms with E-state index in [9.17, 15) is 25.0 Å². The maximum absolute atomic E-state index is 10.6. The predicted octanol–water partition coefficient (Wildman–Crippen LogP) is -2.46. The van der Waals surface area contributed by atoms with Gasteiger partial charge in [0, 0.05) is 0 Å². The molecule has 17 heavy (non-hydrogen) atoms. The predicted molar refractivity (Wildman–Crippen MR) is 54.5 cm³/mol. The highest BCUT2D eigenvalue weighted by atomic mass is 32.2. The lowest BCUT2D eigenvalue weighted by atomic mass is 10.0. The monoisotopic (exact) mass is 292 g/mol. The quantitative estimate of drug-likeness (QED) is 0.243. The Bertz CT molecular complexity index is 321. The fraction of sp³-hybridized carbons (Fsp3) is 1.00. The van der Waals surface area contributed by atoms with Crippen molar-refractivity contribution in [3.63, 3.8) is 0 Å². The topological polar surface area (TPSA) is 157 Å². The Kier molecular flexibility index (Phi) is 4.59. The van der Waals surface area contributed by atoms with Crippen molar-refractivity contribution < 1.29 is 44.0 Å². The fourth-order valence-electron chi connectivity index (χ4n) is 1.26. The van der Waals surface area contributed by atoms with Crippen LogP contribution in [0.5, 0.6) is 0 Å². The van der Waals surface area contributed by atoms with Crippen molar-refractivity contribution in [1.82, 2.24) is 0 Å². The van der Waals surface area contributed by atoms with E-state index in [4.69, 9.17) is 9.79 Å². The summed E-state index contributed by atoms with van der Waals surface area (Å²) in [7, 11) is -4.98. The largest absolute Gasteiger partial charge is 0.472 e. The van der Waals surface area contributed by atoms with Crippen LogP contribution in [0.1, 0.15) is 0 Å². The SMILES string of the molecule is CS[C@@]1(O)OC(OP(=O)(O)O)[C@@H](O)[C@@H](O)[C@H]1O. The molecule has 9 nitrogen and oxygen atoms in total. The van der Waals surface area contributed by atoms with Gasteiger partial charge in [-0.05, 0) is 6.26 Å². The van der Waals surface area contributed by atoms with E-state index in [1.807, 2.05) is 0 Å². The molecule has 0 amide bonds. The molecule has 0 spiro atoms. The Morgan fingerprint density at radius 3 is 2.24 bits per heavy atom. The highest BCUT2D eigenvalue weighted by Crippen LogP contribution is 2.43. The van der Waals surface area contributed by atoms with Crippen molar-refractivity contribution in [2.24, 2.45) is 0 Å². The summed E-state index contributed by atoms with van der Waals surface area (Å²) in [6.45, 7) is 0. The molecule has 1 rings (SSSR count). The second-order valence-electron chi connectivity index (χ2n) is 3.34. The summed E-state index contributed by atoms with van der Waals surface area (Å²) in [5.41, 5.74) is 0. The molecule has 6 N–H and O–H groups in total. The zero-order valence-corrected chi connectivity index (χ0v) is 10.3. The van der Waals surface area contributed by atoms with Gasteiger partial charge in [0.1, 0.15) is 18.3 Å². The number of aliphatic hydroxyl groups is 4. The average molecular weight is 292 g/mol. The van der Waals surface area contributed by atoms with Crippen molar-refractivity contribution in [3.8, 4) is 0 Å². The van der Waals surface area contributed by atoms with E-state index < -0.39 is 37.5 Å². The van der Waals surface area contributed by atoms with E-state index in [1.54, 1.807) is 0 Å². The van der Waals surface area contributed by atoms with Crippen LogP contribution in [0.2, 0.25) is 0 Å². The van der Waals surface area contributed by atoms with Gasteiger partial charge >= 0.3 is 7.82 Å². The molecule has 0 aromatic carbocycles. The van der Waals surface area contributed by atoms with Gasteiger partial charge in [-0.25, -0.2) is 4.57 Å². The third-order valence-electron chi connectivity index (χ3n) is 2.14. The lowest BCUT2D eigenvalue weighted by Crippen LogP contribution is -2.63. The number of thioether (sulfide) groups is 1. The smallest absolute Gasteiger partial charge is 0.387 e. The van der Waals surface area contributed by atoms with Gasteiger partial charge in [-0.1, -0.05) is 11.8 Å². The normalized spacial score (nSPS) is 43.7. The van der Waals surface area contributed by atoms with E-state index in [0.717, 1.165) is 0 Å². The van der Waals surface area contributed by atoms with Gasteiger partial charge in [0.15, 0.2) is 0 Å². The van der Waals surface area contributed by atoms with Gasteiger partial charge in [0.25, 0.3) is 0 Å². The van der Waals surface area contributed by atoms with Crippen molar-refractivity contribution in [1.29, 1.82) is 0 Å². The lowest BCUT2D eigenvalue weighted by molar-refractivity contribution is -0.340. The Labute approximate surface area is 100 Å². The van der Waals surface area contributed by atoms with Crippen molar-refractivity contribution >= 4 is 19.6 Å². The number of phosphoric ester groups is 1. The highest BCUT2D eigenvalue weighted by molar-refractivity contribution is 7.99. The summed E-state index contributed by atoms with van der Waals surface area (Å²) >= 11 is 0.571. The summed E-state index contributed by atoms with van der Waals surface area (Å²) in [6, 6.07) is 0. The zero-order valence-electron chi connectivity index (χ0n) is 8.57. The van der Waals surface area contributed by atoms with Gasteiger partial charge in [-0.3, -0.25) is 4.52 Å². The number of hydrogen-bond donors (Lipinski definition) is 6. The van der Waals surface area contributed by atoms with E-state index in [1.165, 1.54) is 6.26 Å². The zero-order chi connectivity index (χ0) is 13.4. The molecule has 1 heterocycles. The Morgan fingerprint density at radius 2 is 1.82 bits per heavy atom. The molecule has 0 aromatic heterocycles. The number of aliphatic hydroxyl groups excluding tert-OH is 3. The molecule has 5 atom stereocenters. The number of ether oxygens (including phenoxy) is 1. The molecule has 102 valence electrons. The summed E-state index contributed by atoms with van der Waals surface area (Å²) in [6.07, 6.45) is -6.29. The van der Waals surface area contributed by atoms with Gasteiger partial charge in [0.2, 0.25) is 11.4 Å². The van der Waals surface area contributed by atoms with Gasteiger partial charge in [-0.2, -0.15) is 0 Å². The summed E-state index contributed by atoms with van der Waals surface area (Å²) < 4.78 is 19.3. The molecule has 1 aliphatic rings. The molecule has 1 saturated heterocycles. The molecule has 0 radical (unpaired) electrons. The van der Waals surface area contributed by atoms with Crippen LogP contribution >= 0.6 is 19.6 Å². The minimum Gasteiger partial charge on any atom is -0.387 e. The van der Waals surface area contributed by atoms with E-state index in [0.29, 0.717) is 11.8 Å². The molecule has 0 saturated carbocycles. The molecule has 0 aromatic rings. The van der Waals surface area contributed by atoms with Crippen LogP contribution in [0.3, 0.4) is 0 Å². The van der Waals surface area contributed by atoms with Crippen LogP contribution < -0.4 is 0 Å². The minimum absolute atomic E-state index is 0.571. The van der Waals surface area contributed by atoms with Crippen molar-refractivity contribution in [2.45, 2.75) is 29.7 Å². The van der Waals surface area contributed by atoms with Crippen LogP contribution in [-0.4, -0.2) is 66.2 Å². The van der Waals surface area contributed by atoms with E-state index in [-0.39, 0.29) is 0 Å². The first-order valence-corrected chi connectivity index (χ1v) is 7.09. The molecular weight excluding hydrogens is 279 g/mol. The maximum atomic E-state index is 10.6. The number of hydrogen-bond acceptors (Lipinski definition) is 8. The first-order valence-electron chi connectivity index (χ1n) is 4.34. The number of rotatable bonds is 3. The first-order chi connectivity index (χ1) is 7.60. The van der Waals surface area contributed by atoms with E-state index >= 15 is 0 Å². The van der Waals surface area contributed by atoms with Crippen LogP contribution in [0.25, 0.3) is 0 Å². The van der Waals surface area contributed by atoms with Crippen molar-refractivity contribution in [2.75, 3.05) is 6.26 Å². The second kappa shape index (κ2) is 5.10.